The quantitative estimate of drug-likeness (QED) is 0.169. The lowest BCUT2D eigenvalue weighted by atomic mass is 9.95. The number of halogens is 3. The molecule has 3 N–H and O–H groups in total. The minimum absolute atomic E-state index is 0.115. The van der Waals surface area contributed by atoms with Crippen LogP contribution in [0.4, 0.5) is 13.2 Å². The fraction of sp³-hybridized carbons (Fsp3) is 0.242. The number of carbonyl (C=O) groups is 1. The first-order chi connectivity index (χ1) is 22.1. The van der Waals surface area contributed by atoms with Crippen LogP contribution in [0.3, 0.4) is 0 Å². The Morgan fingerprint density at radius 2 is 1.74 bits per heavy atom. The monoisotopic (exact) mass is 634 g/mol. The summed E-state index contributed by atoms with van der Waals surface area (Å²) in [5, 5.41) is 26.8. The molecule has 3 heterocycles. The maximum Gasteiger partial charge on any atom is 0.416 e. The third-order valence-corrected chi connectivity index (χ3v) is 7.92. The lowest BCUT2D eigenvalue weighted by Crippen LogP contribution is -2.36. The summed E-state index contributed by atoms with van der Waals surface area (Å²) in [7, 11) is 1.37. The summed E-state index contributed by atoms with van der Waals surface area (Å²) >= 11 is 0. The van der Waals surface area contributed by atoms with Gasteiger partial charge in [-0.05, 0) is 53.4 Å². The predicted molar refractivity (Wildman–Crippen MR) is 159 cm³/mol. The van der Waals surface area contributed by atoms with Crippen molar-refractivity contribution in [3.63, 3.8) is 0 Å². The molecular weight excluding hydrogens is 605 g/mol. The van der Waals surface area contributed by atoms with Crippen molar-refractivity contribution >= 4 is 17.0 Å². The molecule has 1 saturated heterocycles. The SMILES string of the molecule is CO/N=c1\nc[nH]c2c1ccn2[C@@H]1O[C@H]([C@H](OC(=O)c2ccc(-c3ccccc3)cc2)c2ccc(C(F)(F)F)c(C)c2)[C@@H](O)[C@H]1O. The van der Waals surface area contributed by atoms with E-state index >= 15 is 0 Å². The number of esters is 1. The van der Waals surface area contributed by atoms with Crippen molar-refractivity contribution < 1.29 is 42.5 Å². The highest BCUT2D eigenvalue weighted by Crippen LogP contribution is 2.41. The number of aromatic nitrogens is 3. The van der Waals surface area contributed by atoms with Gasteiger partial charge in [0.1, 0.15) is 31.1 Å². The van der Waals surface area contributed by atoms with E-state index < -0.39 is 48.4 Å². The molecule has 1 aliphatic heterocycles. The van der Waals surface area contributed by atoms with Crippen LogP contribution < -0.4 is 5.49 Å². The lowest BCUT2D eigenvalue weighted by molar-refractivity contribution is -0.138. The first kappa shape index (κ1) is 31.0. The fourth-order valence-corrected chi connectivity index (χ4v) is 5.66. The number of aliphatic hydroxyl groups is 2. The number of hydrogen-bond donors (Lipinski definition) is 3. The van der Waals surface area contributed by atoms with Gasteiger partial charge in [0, 0.05) is 6.20 Å². The van der Waals surface area contributed by atoms with Crippen molar-refractivity contribution in [2.75, 3.05) is 7.11 Å². The highest BCUT2D eigenvalue weighted by molar-refractivity contribution is 5.90. The Hall–Kier alpha value is -4.98. The minimum atomic E-state index is -4.60. The number of carbonyl (C=O) groups excluding carboxylic acids is 1. The zero-order valence-electron chi connectivity index (χ0n) is 24.5. The molecule has 0 aliphatic carbocycles. The Bertz CT molecular complexity index is 1920. The molecule has 0 unspecified atom stereocenters. The van der Waals surface area contributed by atoms with Crippen LogP contribution >= 0.6 is 0 Å². The Kier molecular flexibility index (Phi) is 8.38. The second kappa shape index (κ2) is 12.4. The third-order valence-electron chi connectivity index (χ3n) is 7.92. The molecule has 1 aliphatic rings. The van der Waals surface area contributed by atoms with Gasteiger partial charge in [-0.25, -0.2) is 9.78 Å². The number of hydrogen-bond acceptors (Lipinski definition) is 8. The van der Waals surface area contributed by atoms with E-state index in [0.29, 0.717) is 11.0 Å². The van der Waals surface area contributed by atoms with Crippen LogP contribution in [0.5, 0.6) is 0 Å². The number of alkyl halides is 3. The minimum Gasteiger partial charge on any atom is -0.451 e. The molecule has 46 heavy (non-hydrogen) atoms. The number of fused-ring (bicyclic) bond motifs is 1. The number of benzene rings is 3. The van der Waals surface area contributed by atoms with Gasteiger partial charge < -0.3 is 34.1 Å². The molecule has 10 nitrogen and oxygen atoms in total. The van der Waals surface area contributed by atoms with Crippen molar-refractivity contribution in [1.82, 2.24) is 14.5 Å². The zero-order valence-corrected chi connectivity index (χ0v) is 24.5. The largest absolute Gasteiger partial charge is 0.451 e. The van der Waals surface area contributed by atoms with E-state index in [9.17, 15) is 28.2 Å². The van der Waals surface area contributed by atoms with Crippen molar-refractivity contribution in [2.24, 2.45) is 5.16 Å². The van der Waals surface area contributed by atoms with Gasteiger partial charge in [0.05, 0.1) is 22.8 Å². The van der Waals surface area contributed by atoms with E-state index in [0.717, 1.165) is 17.2 Å². The van der Waals surface area contributed by atoms with E-state index in [-0.39, 0.29) is 22.2 Å². The van der Waals surface area contributed by atoms with E-state index in [4.69, 9.17) is 14.3 Å². The van der Waals surface area contributed by atoms with Crippen LogP contribution in [-0.2, 0) is 20.5 Å². The van der Waals surface area contributed by atoms with Crippen molar-refractivity contribution in [3.05, 3.63) is 119 Å². The average Bonchev–Trinajstić information content (AvgIpc) is 3.60. The number of H-pyrrole nitrogens is 1. The van der Waals surface area contributed by atoms with Gasteiger partial charge in [-0.2, -0.15) is 13.2 Å². The number of nitrogens with one attached hydrogen (secondary N) is 1. The van der Waals surface area contributed by atoms with Gasteiger partial charge in [0.25, 0.3) is 0 Å². The summed E-state index contributed by atoms with van der Waals surface area (Å²) in [5.41, 5.74) is 1.83. The summed E-state index contributed by atoms with van der Waals surface area (Å²) in [6.45, 7) is 1.29. The number of rotatable bonds is 7. The summed E-state index contributed by atoms with van der Waals surface area (Å²) in [4.78, 5) is 25.4. The molecule has 5 aromatic rings. The number of aromatic amines is 1. The summed E-state index contributed by atoms with van der Waals surface area (Å²) in [5.74, 6) is -0.799. The topological polar surface area (TPSA) is 131 Å². The molecule has 0 radical (unpaired) electrons. The standard InChI is InChI=1S/C33H29F3N4O6/c1-18-16-22(12-13-24(18)33(34,35)36)27(46-32(43)21-10-8-20(9-11-21)19-6-4-3-5-7-19)28-25(41)26(42)31(45-28)40-15-14-23-29(39-44-2)37-17-38-30(23)40/h3-17,25-28,31,41-42H,1-2H3,(H,37,38,39)/t25-,26+,27+,28-,31+/m0/s1. The van der Waals surface area contributed by atoms with E-state index in [1.807, 2.05) is 30.3 Å². The van der Waals surface area contributed by atoms with E-state index in [1.54, 1.807) is 36.5 Å². The van der Waals surface area contributed by atoms with Gasteiger partial charge in [0.15, 0.2) is 12.3 Å². The van der Waals surface area contributed by atoms with Crippen LogP contribution in [0, 0.1) is 6.92 Å². The maximum absolute atomic E-state index is 13.6. The molecule has 238 valence electrons. The van der Waals surface area contributed by atoms with Crippen molar-refractivity contribution in [1.29, 1.82) is 0 Å². The Labute approximate surface area is 260 Å². The first-order valence-electron chi connectivity index (χ1n) is 14.2. The maximum atomic E-state index is 13.6. The van der Waals surface area contributed by atoms with Gasteiger partial charge in [-0.3, -0.25) is 0 Å². The number of nitrogens with zero attached hydrogens (tertiary/aromatic N) is 3. The highest BCUT2D eigenvalue weighted by Gasteiger charge is 2.49. The molecule has 3 aromatic carbocycles. The number of ether oxygens (including phenoxy) is 2. The molecule has 0 saturated carbocycles. The highest BCUT2D eigenvalue weighted by atomic mass is 19.4. The molecule has 5 atom stereocenters. The molecule has 13 heteroatoms. The second-order valence-electron chi connectivity index (χ2n) is 10.8. The van der Waals surface area contributed by atoms with Gasteiger partial charge in [0.2, 0.25) is 5.49 Å². The molecule has 1 fully saturated rings. The smallest absolute Gasteiger partial charge is 0.416 e. The Morgan fingerprint density at radius 1 is 1.02 bits per heavy atom. The van der Waals surface area contributed by atoms with Gasteiger partial charge in [-0.1, -0.05) is 59.8 Å². The first-order valence-corrected chi connectivity index (χ1v) is 14.2. The molecule has 0 bridgehead atoms. The molecular formula is C33H29F3N4O6. The van der Waals surface area contributed by atoms with Crippen LogP contribution in [0.1, 0.15) is 39.4 Å². The van der Waals surface area contributed by atoms with E-state index in [1.165, 1.54) is 37.1 Å². The Balaban J connectivity index is 1.35. The van der Waals surface area contributed by atoms with Crippen LogP contribution in [-0.4, -0.2) is 56.1 Å². The van der Waals surface area contributed by atoms with Crippen LogP contribution in [0.25, 0.3) is 22.2 Å². The molecule has 0 spiro atoms. The zero-order chi connectivity index (χ0) is 32.6. The number of aryl methyl sites for hydroxylation is 1. The van der Waals surface area contributed by atoms with E-state index in [2.05, 4.69) is 15.1 Å². The van der Waals surface area contributed by atoms with Gasteiger partial charge in [-0.15, -0.1) is 0 Å². The summed E-state index contributed by atoms with van der Waals surface area (Å²) in [6, 6.07) is 21.1. The van der Waals surface area contributed by atoms with Gasteiger partial charge >= 0.3 is 12.1 Å². The number of aliphatic hydroxyl groups excluding tert-OH is 2. The normalized spacial score (nSPS) is 21.0. The van der Waals surface area contributed by atoms with Crippen LogP contribution in [0.15, 0.2) is 96.5 Å². The Morgan fingerprint density at radius 3 is 2.41 bits per heavy atom. The third kappa shape index (κ3) is 5.87. The molecule has 6 rings (SSSR count). The summed E-state index contributed by atoms with van der Waals surface area (Å²) < 4.78 is 54.3. The second-order valence-corrected chi connectivity index (χ2v) is 10.8. The average molecular weight is 635 g/mol. The fourth-order valence-electron chi connectivity index (χ4n) is 5.66. The molecule has 2 aromatic heterocycles. The summed E-state index contributed by atoms with van der Waals surface area (Å²) in [6.07, 6.45) is -8.74. The van der Waals surface area contributed by atoms with Crippen LogP contribution in [0.2, 0.25) is 0 Å². The predicted octanol–water partition coefficient (Wildman–Crippen LogP) is 5.04. The van der Waals surface area contributed by atoms with Crippen molar-refractivity contribution in [2.45, 2.75) is 43.7 Å². The lowest BCUT2D eigenvalue weighted by Gasteiger charge is -2.27. The van der Waals surface area contributed by atoms with Crippen molar-refractivity contribution in [3.8, 4) is 11.1 Å². The molecule has 0 amide bonds.